The Morgan fingerprint density at radius 1 is 1.50 bits per heavy atom. The molecule has 1 heterocycles. The van der Waals surface area contributed by atoms with Gasteiger partial charge in [-0.25, -0.2) is 4.79 Å². The lowest BCUT2D eigenvalue weighted by atomic mass is 10.3. The molecule has 0 spiro atoms. The van der Waals surface area contributed by atoms with Crippen LogP contribution in [-0.4, -0.2) is 48.5 Å². The third-order valence-corrected chi connectivity index (χ3v) is 3.28. The number of rotatable bonds is 6. The van der Waals surface area contributed by atoms with Crippen molar-refractivity contribution in [1.82, 2.24) is 15.5 Å². The first kappa shape index (κ1) is 16.1. The summed E-state index contributed by atoms with van der Waals surface area (Å²) < 4.78 is 5.47. The predicted octanol–water partition coefficient (Wildman–Crippen LogP) is 0.775. The molecule has 1 aromatic rings. The Hall–Kier alpha value is -2.28. The highest BCUT2D eigenvalue weighted by Gasteiger charge is 2.28. The molecule has 0 bridgehead atoms. The van der Waals surface area contributed by atoms with Crippen LogP contribution in [0, 0.1) is 0 Å². The average Bonchev–Trinajstić information content (AvgIpc) is 2.78. The van der Waals surface area contributed by atoms with Gasteiger partial charge in [0.25, 0.3) is 5.91 Å². The molecule has 0 radical (unpaired) electrons. The van der Waals surface area contributed by atoms with Crippen molar-refractivity contribution < 1.29 is 19.1 Å². The van der Waals surface area contributed by atoms with Crippen LogP contribution in [0.2, 0.25) is 5.02 Å². The molecular weight excluding hydrogens is 310 g/mol. The van der Waals surface area contributed by atoms with Gasteiger partial charge < -0.3 is 15.4 Å². The first-order valence-electron chi connectivity index (χ1n) is 6.75. The Kier molecular flexibility index (Phi) is 5.21. The molecule has 8 heteroatoms. The molecular formula is C14H16ClN3O4. The van der Waals surface area contributed by atoms with Gasteiger partial charge in [0.2, 0.25) is 5.91 Å². The summed E-state index contributed by atoms with van der Waals surface area (Å²) in [6.07, 6.45) is -0.721. The van der Waals surface area contributed by atoms with E-state index in [9.17, 15) is 14.4 Å². The van der Waals surface area contributed by atoms with Crippen molar-refractivity contribution in [2.24, 2.45) is 0 Å². The van der Waals surface area contributed by atoms with E-state index in [4.69, 9.17) is 16.3 Å². The fourth-order valence-electron chi connectivity index (χ4n) is 1.91. The molecule has 0 unspecified atom stereocenters. The van der Waals surface area contributed by atoms with Crippen LogP contribution in [0.25, 0.3) is 0 Å². The third-order valence-electron chi connectivity index (χ3n) is 3.05. The van der Waals surface area contributed by atoms with Gasteiger partial charge in [0.15, 0.2) is 6.10 Å². The predicted molar refractivity (Wildman–Crippen MR) is 79.7 cm³/mol. The largest absolute Gasteiger partial charge is 0.481 e. The van der Waals surface area contributed by atoms with Crippen molar-refractivity contribution in [2.75, 3.05) is 19.6 Å². The van der Waals surface area contributed by atoms with E-state index in [0.717, 1.165) is 4.90 Å². The van der Waals surface area contributed by atoms with Gasteiger partial charge in [-0.3, -0.25) is 14.5 Å². The number of carbonyl (C=O) groups excluding carboxylic acids is 3. The number of halogens is 1. The van der Waals surface area contributed by atoms with Gasteiger partial charge in [0.05, 0.1) is 6.54 Å². The molecule has 4 amide bonds. The first-order chi connectivity index (χ1) is 10.5. The second kappa shape index (κ2) is 7.13. The Balaban J connectivity index is 1.77. The highest BCUT2D eigenvalue weighted by atomic mass is 35.5. The molecule has 1 aliphatic rings. The quantitative estimate of drug-likeness (QED) is 0.756. The zero-order valence-corrected chi connectivity index (χ0v) is 12.7. The number of hydrogen-bond donors (Lipinski definition) is 2. The molecule has 118 valence electrons. The van der Waals surface area contributed by atoms with E-state index in [0.29, 0.717) is 10.8 Å². The van der Waals surface area contributed by atoms with E-state index >= 15 is 0 Å². The molecule has 0 aromatic heterocycles. The van der Waals surface area contributed by atoms with E-state index in [1.807, 2.05) is 0 Å². The highest BCUT2D eigenvalue weighted by molar-refractivity contribution is 6.30. The monoisotopic (exact) mass is 325 g/mol. The Morgan fingerprint density at radius 3 is 2.91 bits per heavy atom. The van der Waals surface area contributed by atoms with Crippen molar-refractivity contribution in [1.29, 1.82) is 0 Å². The summed E-state index contributed by atoms with van der Waals surface area (Å²) in [6, 6.07) is 6.29. The van der Waals surface area contributed by atoms with Crippen molar-refractivity contribution >= 4 is 29.4 Å². The number of nitrogens with zero attached hydrogens (tertiary/aromatic N) is 1. The molecule has 22 heavy (non-hydrogen) atoms. The van der Waals surface area contributed by atoms with Crippen LogP contribution in [0.15, 0.2) is 24.3 Å². The third kappa shape index (κ3) is 4.11. The molecule has 1 atom stereocenters. The van der Waals surface area contributed by atoms with Gasteiger partial charge in [-0.05, 0) is 25.1 Å². The van der Waals surface area contributed by atoms with Crippen LogP contribution in [0.4, 0.5) is 4.79 Å². The van der Waals surface area contributed by atoms with Gasteiger partial charge in [-0.15, -0.1) is 0 Å². The Labute approximate surface area is 132 Å². The van der Waals surface area contributed by atoms with Crippen LogP contribution < -0.4 is 15.4 Å². The van der Waals surface area contributed by atoms with E-state index in [1.54, 1.807) is 31.2 Å². The molecule has 7 nitrogen and oxygen atoms in total. The first-order valence-corrected chi connectivity index (χ1v) is 7.13. The summed E-state index contributed by atoms with van der Waals surface area (Å²) in [5.74, 6) is -0.154. The van der Waals surface area contributed by atoms with Crippen LogP contribution in [0.3, 0.4) is 0 Å². The van der Waals surface area contributed by atoms with Crippen LogP contribution in [0.5, 0.6) is 5.75 Å². The molecule has 2 N–H and O–H groups in total. The summed E-state index contributed by atoms with van der Waals surface area (Å²) in [4.78, 5) is 35.6. The lowest BCUT2D eigenvalue weighted by molar-refractivity contribution is -0.128. The zero-order valence-electron chi connectivity index (χ0n) is 12.0. The molecule has 1 aliphatic heterocycles. The standard InChI is InChI=1S/C14H16ClN3O4/c1-9(22-11-4-2-3-10(15)7-11)13(20)16-5-6-18-12(19)8-17-14(18)21/h2-4,7,9H,5-6,8H2,1H3,(H,16,20)(H,17,21)/t9-/m0/s1. The molecule has 0 saturated carbocycles. The zero-order chi connectivity index (χ0) is 16.1. The summed E-state index contributed by atoms with van der Waals surface area (Å²) in [6.45, 7) is 1.90. The number of benzene rings is 1. The normalized spacial score (nSPS) is 15.5. The number of hydrogen-bond acceptors (Lipinski definition) is 4. The van der Waals surface area contributed by atoms with E-state index in [-0.39, 0.29) is 31.4 Å². The van der Waals surface area contributed by atoms with Crippen LogP contribution in [0.1, 0.15) is 6.92 Å². The maximum atomic E-state index is 11.9. The van der Waals surface area contributed by atoms with Crippen molar-refractivity contribution in [3.63, 3.8) is 0 Å². The number of nitrogens with one attached hydrogen (secondary N) is 2. The maximum absolute atomic E-state index is 11.9. The van der Waals surface area contributed by atoms with Gasteiger partial charge in [0.1, 0.15) is 5.75 Å². The van der Waals surface area contributed by atoms with Crippen molar-refractivity contribution in [3.05, 3.63) is 29.3 Å². The van der Waals surface area contributed by atoms with Crippen LogP contribution >= 0.6 is 11.6 Å². The summed E-state index contributed by atoms with van der Waals surface area (Å²) in [5, 5.41) is 5.54. The smallest absolute Gasteiger partial charge is 0.324 e. The van der Waals surface area contributed by atoms with Crippen LogP contribution in [-0.2, 0) is 9.59 Å². The Morgan fingerprint density at radius 2 is 2.27 bits per heavy atom. The van der Waals surface area contributed by atoms with E-state index < -0.39 is 12.1 Å². The number of urea groups is 1. The van der Waals surface area contributed by atoms with E-state index in [2.05, 4.69) is 10.6 Å². The SMILES string of the molecule is C[C@H](Oc1cccc(Cl)c1)C(=O)NCCN1C(=O)CNC1=O. The summed E-state index contributed by atoms with van der Waals surface area (Å²) in [5.41, 5.74) is 0. The number of ether oxygens (including phenoxy) is 1. The van der Waals surface area contributed by atoms with Crippen molar-refractivity contribution in [3.8, 4) is 5.75 Å². The van der Waals surface area contributed by atoms with Gasteiger partial charge >= 0.3 is 6.03 Å². The topological polar surface area (TPSA) is 87.7 Å². The minimum atomic E-state index is -0.721. The number of amides is 4. The molecule has 2 rings (SSSR count). The second-order valence-electron chi connectivity index (χ2n) is 4.71. The second-order valence-corrected chi connectivity index (χ2v) is 5.15. The fraction of sp³-hybridized carbons (Fsp3) is 0.357. The molecule has 1 saturated heterocycles. The maximum Gasteiger partial charge on any atom is 0.324 e. The van der Waals surface area contributed by atoms with Gasteiger partial charge in [-0.2, -0.15) is 0 Å². The average molecular weight is 326 g/mol. The fourth-order valence-corrected chi connectivity index (χ4v) is 2.09. The minimum Gasteiger partial charge on any atom is -0.481 e. The molecule has 1 aromatic carbocycles. The highest BCUT2D eigenvalue weighted by Crippen LogP contribution is 2.18. The van der Waals surface area contributed by atoms with E-state index in [1.165, 1.54) is 0 Å². The number of imide groups is 1. The molecule has 0 aliphatic carbocycles. The minimum absolute atomic E-state index is 0.00105. The lowest BCUT2D eigenvalue weighted by Crippen LogP contribution is -2.42. The Bertz CT molecular complexity index is 577. The van der Waals surface area contributed by atoms with Gasteiger partial charge in [-0.1, -0.05) is 17.7 Å². The summed E-state index contributed by atoms with van der Waals surface area (Å²) in [7, 11) is 0. The van der Waals surface area contributed by atoms with Gasteiger partial charge in [0, 0.05) is 18.1 Å². The summed E-state index contributed by atoms with van der Waals surface area (Å²) >= 11 is 5.84. The lowest BCUT2D eigenvalue weighted by Gasteiger charge is -2.16. The van der Waals surface area contributed by atoms with Crippen molar-refractivity contribution in [2.45, 2.75) is 13.0 Å². The number of carbonyl (C=O) groups is 3. The molecule has 1 fully saturated rings.